The number of amides is 2. The van der Waals surface area contributed by atoms with Crippen LogP contribution >= 0.6 is 0 Å². The predicted octanol–water partition coefficient (Wildman–Crippen LogP) is 3.47. The van der Waals surface area contributed by atoms with E-state index in [9.17, 15) is 9.59 Å². The third kappa shape index (κ3) is 6.39. The first-order chi connectivity index (χ1) is 13.3. The molecular weight excluding hydrogens is 356 g/mol. The lowest BCUT2D eigenvalue weighted by atomic mass is 9.87. The minimum atomic E-state index is -0.402. The lowest BCUT2D eigenvalue weighted by Crippen LogP contribution is -2.41. The fraction of sp³-hybridized carbons (Fsp3) is 0.364. The zero-order valence-corrected chi connectivity index (χ0v) is 16.9. The molecular formula is C22H28N2O4. The van der Waals surface area contributed by atoms with Crippen LogP contribution in [0.3, 0.4) is 0 Å². The van der Waals surface area contributed by atoms with Crippen LogP contribution in [0.2, 0.25) is 0 Å². The third-order valence-corrected chi connectivity index (χ3v) is 4.12. The molecule has 0 saturated carbocycles. The summed E-state index contributed by atoms with van der Waals surface area (Å²) < 4.78 is 10.7. The summed E-state index contributed by atoms with van der Waals surface area (Å²) in [6.45, 7) is 9.86. The summed E-state index contributed by atoms with van der Waals surface area (Å²) in [5.41, 5.74) is 6.90. The van der Waals surface area contributed by atoms with Crippen LogP contribution in [0.1, 0.15) is 54.0 Å². The van der Waals surface area contributed by atoms with E-state index in [4.69, 9.17) is 9.47 Å². The Hall–Kier alpha value is -2.86. The first-order valence-electron chi connectivity index (χ1n) is 9.33. The van der Waals surface area contributed by atoms with Gasteiger partial charge in [-0.3, -0.25) is 20.4 Å². The van der Waals surface area contributed by atoms with Crippen molar-refractivity contribution in [2.75, 3.05) is 19.8 Å². The molecule has 0 aliphatic heterocycles. The van der Waals surface area contributed by atoms with E-state index < -0.39 is 5.91 Å². The Morgan fingerprint density at radius 3 is 1.79 bits per heavy atom. The molecule has 0 spiro atoms. The van der Waals surface area contributed by atoms with Crippen molar-refractivity contribution in [3.05, 3.63) is 65.2 Å². The van der Waals surface area contributed by atoms with Crippen LogP contribution in [0.4, 0.5) is 0 Å². The molecule has 2 N–H and O–H groups in total. The molecule has 2 amide bonds. The Balaban J connectivity index is 1.85. The van der Waals surface area contributed by atoms with Gasteiger partial charge < -0.3 is 9.47 Å². The average molecular weight is 384 g/mol. The van der Waals surface area contributed by atoms with Gasteiger partial charge in [0.2, 0.25) is 0 Å². The van der Waals surface area contributed by atoms with Gasteiger partial charge in [-0.1, -0.05) is 32.9 Å². The van der Waals surface area contributed by atoms with Crippen molar-refractivity contribution in [1.29, 1.82) is 0 Å². The van der Waals surface area contributed by atoms with Gasteiger partial charge in [0.15, 0.2) is 0 Å². The molecule has 0 aromatic heterocycles. The number of rotatable bonds is 7. The van der Waals surface area contributed by atoms with Crippen LogP contribution in [0, 0.1) is 0 Å². The van der Waals surface area contributed by atoms with Gasteiger partial charge in [0.05, 0.1) is 6.61 Å². The second-order valence-electron chi connectivity index (χ2n) is 7.31. The Kier molecular flexibility index (Phi) is 7.58. The van der Waals surface area contributed by atoms with Crippen molar-refractivity contribution in [3.8, 4) is 5.75 Å². The fourth-order valence-electron chi connectivity index (χ4n) is 2.44. The summed E-state index contributed by atoms with van der Waals surface area (Å²) >= 11 is 0. The molecule has 150 valence electrons. The second-order valence-corrected chi connectivity index (χ2v) is 7.31. The molecule has 0 fully saturated rings. The topological polar surface area (TPSA) is 76.7 Å². The zero-order valence-electron chi connectivity index (χ0n) is 16.9. The lowest BCUT2D eigenvalue weighted by molar-refractivity contribution is 0.0846. The number of hydrazine groups is 1. The van der Waals surface area contributed by atoms with E-state index >= 15 is 0 Å². The number of ether oxygens (including phenoxy) is 2. The molecule has 0 saturated heterocycles. The summed E-state index contributed by atoms with van der Waals surface area (Å²) in [5, 5.41) is 0. The quantitative estimate of drug-likeness (QED) is 0.566. The van der Waals surface area contributed by atoms with E-state index in [-0.39, 0.29) is 11.3 Å². The smallest absolute Gasteiger partial charge is 0.269 e. The molecule has 2 aromatic rings. The van der Waals surface area contributed by atoms with Crippen molar-refractivity contribution in [2.45, 2.75) is 33.1 Å². The molecule has 0 aliphatic rings. The van der Waals surface area contributed by atoms with Gasteiger partial charge in [-0.2, -0.15) is 0 Å². The van der Waals surface area contributed by atoms with E-state index in [1.807, 2.05) is 19.1 Å². The number of carbonyl (C=O) groups excluding carboxylic acids is 2. The van der Waals surface area contributed by atoms with Gasteiger partial charge in [-0.25, -0.2) is 0 Å². The van der Waals surface area contributed by atoms with Crippen molar-refractivity contribution in [3.63, 3.8) is 0 Å². The lowest BCUT2D eigenvalue weighted by Gasteiger charge is -2.19. The highest BCUT2D eigenvalue weighted by Crippen LogP contribution is 2.22. The number of carbonyl (C=O) groups is 2. The SMILES string of the molecule is CCOCCOc1ccc(C(=O)NNC(=O)c2ccc(C(C)(C)C)cc2)cc1. The predicted molar refractivity (Wildman–Crippen MR) is 109 cm³/mol. The molecule has 2 rings (SSSR count). The molecule has 0 radical (unpaired) electrons. The number of benzene rings is 2. The van der Waals surface area contributed by atoms with E-state index in [0.717, 1.165) is 5.56 Å². The zero-order chi connectivity index (χ0) is 20.6. The van der Waals surface area contributed by atoms with Gasteiger partial charge in [-0.05, 0) is 54.3 Å². The first-order valence-corrected chi connectivity index (χ1v) is 9.33. The minimum absolute atomic E-state index is 0.0160. The highest BCUT2D eigenvalue weighted by Gasteiger charge is 2.14. The van der Waals surface area contributed by atoms with Crippen molar-refractivity contribution in [1.82, 2.24) is 10.9 Å². The monoisotopic (exact) mass is 384 g/mol. The summed E-state index contributed by atoms with van der Waals surface area (Å²) in [4.78, 5) is 24.4. The van der Waals surface area contributed by atoms with E-state index in [1.54, 1.807) is 36.4 Å². The molecule has 0 atom stereocenters. The molecule has 6 heteroatoms. The van der Waals surface area contributed by atoms with Gasteiger partial charge >= 0.3 is 0 Å². The van der Waals surface area contributed by atoms with Gasteiger partial charge in [-0.15, -0.1) is 0 Å². The minimum Gasteiger partial charge on any atom is -0.491 e. The Labute approximate surface area is 166 Å². The molecule has 2 aromatic carbocycles. The van der Waals surface area contributed by atoms with Crippen LogP contribution in [-0.4, -0.2) is 31.6 Å². The molecule has 0 unspecified atom stereocenters. The number of hydrogen-bond donors (Lipinski definition) is 2. The highest BCUT2D eigenvalue weighted by molar-refractivity contribution is 5.99. The fourth-order valence-corrected chi connectivity index (χ4v) is 2.44. The van der Waals surface area contributed by atoms with Crippen molar-refractivity contribution in [2.24, 2.45) is 0 Å². The maximum Gasteiger partial charge on any atom is 0.269 e. The molecule has 28 heavy (non-hydrogen) atoms. The maximum atomic E-state index is 12.2. The molecule has 0 bridgehead atoms. The molecule has 0 aliphatic carbocycles. The van der Waals surface area contributed by atoms with E-state index in [2.05, 4.69) is 31.6 Å². The largest absolute Gasteiger partial charge is 0.491 e. The normalized spacial score (nSPS) is 11.0. The number of nitrogens with one attached hydrogen (secondary N) is 2. The van der Waals surface area contributed by atoms with Crippen LogP contribution in [0.5, 0.6) is 5.75 Å². The Morgan fingerprint density at radius 1 is 0.821 bits per heavy atom. The summed E-state index contributed by atoms with van der Waals surface area (Å²) in [6.07, 6.45) is 0. The van der Waals surface area contributed by atoms with E-state index in [0.29, 0.717) is 36.7 Å². The molecule has 0 heterocycles. The summed E-state index contributed by atoms with van der Waals surface area (Å²) in [7, 11) is 0. The second kappa shape index (κ2) is 9.90. The first kappa shape index (κ1) is 21.4. The van der Waals surface area contributed by atoms with Gasteiger partial charge in [0.1, 0.15) is 12.4 Å². The standard InChI is InChI=1S/C22H28N2O4/c1-5-27-14-15-28-19-12-8-17(9-13-19)21(26)24-23-20(25)16-6-10-18(11-7-16)22(2,3)4/h6-13H,5,14-15H2,1-4H3,(H,23,25)(H,24,26). The van der Waals surface area contributed by atoms with Gasteiger partial charge in [0, 0.05) is 17.7 Å². The third-order valence-electron chi connectivity index (χ3n) is 4.12. The Morgan fingerprint density at radius 2 is 1.32 bits per heavy atom. The van der Waals surface area contributed by atoms with Crippen LogP contribution < -0.4 is 15.6 Å². The van der Waals surface area contributed by atoms with Crippen LogP contribution in [0.15, 0.2) is 48.5 Å². The van der Waals surface area contributed by atoms with Gasteiger partial charge in [0.25, 0.3) is 11.8 Å². The van der Waals surface area contributed by atoms with Crippen molar-refractivity contribution < 1.29 is 19.1 Å². The summed E-state index contributed by atoms with van der Waals surface area (Å²) in [6, 6.07) is 14.0. The van der Waals surface area contributed by atoms with E-state index in [1.165, 1.54) is 0 Å². The maximum absolute atomic E-state index is 12.2. The highest BCUT2D eigenvalue weighted by atomic mass is 16.5. The summed E-state index contributed by atoms with van der Waals surface area (Å²) in [5.74, 6) is -0.121. The molecule has 6 nitrogen and oxygen atoms in total. The number of hydrogen-bond acceptors (Lipinski definition) is 4. The van der Waals surface area contributed by atoms with Crippen LogP contribution in [-0.2, 0) is 10.2 Å². The van der Waals surface area contributed by atoms with Crippen LogP contribution in [0.25, 0.3) is 0 Å². The Bertz CT molecular complexity index is 778. The van der Waals surface area contributed by atoms with Crippen molar-refractivity contribution >= 4 is 11.8 Å². The average Bonchev–Trinajstić information content (AvgIpc) is 2.69.